The number of nitrogens with zero attached hydrogens (tertiary/aromatic N) is 1. The van der Waals surface area contributed by atoms with Gasteiger partial charge in [-0.25, -0.2) is 0 Å². The van der Waals surface area contributed by atoms with Crippen LogP contribution in [-0.4, -0.2) is 30.2 Å². The number of rotatable bonds is 5. The topological polar surface area (TPSA) is 28.4 Å². The van der Waals surface area contributed by atoms with Crippen molar-refractivity contribution in [2.24, 2.45) is 5.92 Å². The van der Waals surface area contributed by atoms with E-state index in [9.17, 15) is 13.2 Å². The second kappa shape index (κ2) is 6.01. The molecule has 0 spiro atoms. The van der Waals surface area contributed by atoms with E-state index in [0.29, 0.717) is 25.6 Å². The van der Waals surface area contributed by atoms with Gasteiger partial charge in [-0.3, -0.25) is 4.90 Å². The monoisotopic (exact) mass is 302 g/mol. The minimum Gasteiger partial charge on any atom is -0.468 e. The fourth-order valence-electron chi connectivity index (χ4n) is 2.87. The molecule has 2 fully saturated rings. The molecule has 2 heterocycles. The molecular weight excluding hydrogens is 281 g/mol. The van der Waals surface area contributed by atoms with Crippen LogP contribution in [0.1, 0.15) is 37.0 Å². The first-order valence-electron chi connectivity index (χ1n) is 7.60. The second-order valence-electron chi connectivity index (χ2n) is 6.14. The number of hydrogen-bond acceptors (Lipinski definition) is 3. The lowest BCUT2D eigenvalue weighted by molar-refractivity contribution is -0.187. The van der Waals surface area contributed by atoms with E-state index in [0.717, 1.165) is 17.9 Å². The summed E-state index contributed by atoms with van der Waals surface area (Å²) in [6.07, 6.45) is 0.816. The van der Waals surface area contributed by atoms with Gasteiger partial charge in [0.1, 0.15) is 5.76 Å². The number of likely N-dealkylation sites (tertiary alicyclic amines) is 1. The van der Waals surface area contributed by atoms with Crippen molar-refractivity contribution in [1.29, 1.82) is 0 Å². The van der Waals surface area contributed by atoms with Crippen LogP contribution in [0.15, 0.2) is 16.7 Å². The van der Waals surface area contributed by atoms with Gasteiger partial charge in [-0.15, -0.1) is 0 Å². The summed E-state index contributed by atoms with van der Waals surface area (Å²) >= 11 is 0. The fraction of sp³-hybridized carbons (Fsp3) is 0.733. The van der Waals surface area contributed by atoms with Crippen LogP contribution in [0.5, 0.6) is 0 Å². The molecule has 1 saturated heterocycles. The Morgan fingerprint density at radius 1 is 1.29 bits per heavy atom. The molecule has 3 nitrogen and oxygen atoms in total. The number of hydrogen-bond donors (Lipinski definition) is 1. The highest BCUT2D eigenvalue weighted by atomic mass is 19.4. The summed E-state index contributed by atoms with van der Waals surface area (Å²) in [7, 11) is 0. The van der Waals surface area contributed by atoms with E-state index in [1.54, 1.807) is 6.26 Å². The first-order valence-corrected chi connectivity index (χ1v) is 7.60. The van der Waals surface area contributed by atoms with Crippen LogP contribution in [0.2, 0.25) is 0 Å². The van der Waals surface area contributed by atoms with Gasteiger partial charge < -0.3 is 9.73 Å². The normalized spacial score (nSPS) is 24.4. The van der Waals surface area contributed by atoms with Crippen molar-refractivity contribution in [2.75, 3.05) is 13.1 Å². The lowest BCUT2D eigenvalue weighted by Gasteiger charge is -2.33. The third kappa shape index (κ3) is 4.01. The zero-order chi connectivity index (χ0) is 14.9. The first-order chi connectivity index (χ1) is 10.0. The summed E-state index contributed by atoms with van der Waals surface area (Å²) in [6, 6.07) is 2.52. The van der Waals surface area contributed by atoms with Crippen molar-refractivity contribution < 1.29 is 17.6 Å². The van der Waals surface area contributed by atoms with Crippen molar-refractivity contribution in [3.63, 3.8) is 0 Å². The molecule has 118 valence electrons. The van der Waals surface area contributed by atoms with Crippen molar-refractivity contribution in [3.05, 3.63) is 23.7 Å². The molecule has 2 aliphatic rings. The van der Waals surface area contributed by atoms with Crippen LogP contribution >= 0.6 is 0 Å². The van der Waals surface area contributed by atoms with Crippen molar-refractivity contribution in [2.45, 2.75) is 51.0 Å². The average Bonchev–Trinajstić information content (AvgIpc) is 3.17. The molecule has 0 amide bonds. The molecule has 1 saturated carbocycles. The minimum absolute atomic E-state index is 0.0830. The number of halogens is 3. The van der Waals surface area contributed by atoms with Crippen LogP contribution in [0.4, 0.5) is 13.2 Å². The number of nitrogens with one attached hydrogen (secondary N) is 1. The van der Waals surface area contributed by atoms with E-state index >= 15 is 0 Å². The Labute approximate surface area is 122 Å². The highest BCUT2D eigenvalue weighted by Gasteiger charge is 2.41. The van der Waals surface area contributed by atoms with Gasteiger partial charge in [-0.1, -0.05) is 0 Å². The lowest BCUT2D eigenvalue weighted by Crippen LogP contribution is -2.41. The van der Waals surface area contributed by atoms with Crippen LogP contribution in [-0.2, 0) is 13.1 Å². The Balaban J connectivity index is 1.56. The standard InChI is InChI=1S/C15H21F3N2O/c16-15(17,18)12-2-1-6-20(9-12)10-14-11(5-7-21-14)8-19-13-3-4-13/h5,7,12-13,19H,1-4,6,8-10H2. The Morgan fingerprint density at radius 3 is 2.81 bits per heavy atom. The van der Waals surface area contributed by atoms with Crippen LogP contribution in [0.3, 0.4) is 0 Å². The zero-order valence-corrected chi connectivity index (χ0v) is 12.0. The maximum absolute atomic E-state index is 12.8. The maximum atomic E-state index is 12.8. The molecule has 1 atom stereocenters. The fourth-order valence-corrected chi connectivity index (χ4v) is 2.87. The highest BCUT2D eigenvalue weighted by Crippen LogP contribution is 2.33. The van der Waals surface area contributed by atoms with Crippen LogP contribution in [0, 0.1) is 5.92 Å². The van der Waals surface area contributed by atoms with E-state index in [1.807, 2.05) is 11.0 Å². The zero-order valence-electron chi connectivity index (χ0n) is 12.0. The molecular formula is C15H21F3N2O. The predicted molar refractivity (Wildman–Crippen MR) is 72.6 cm³/mol. The smallest absolute Gasteiger partial charge is 0.393 e. The van der Waals surface area contributed by atoms with Crippen LogP contribution in [0.25, 0.3) is 0 Å². The van der Waals surface area contributed by atoms with Gasteiger partial charge in [0.25, 0.3) is 0 Å². The molecule has 1 N–H and O–H groups in total. The molecule has 0 bridgehead atoms. The molecule has 1 aromatic heterocycles. The predicted octanol–water partition coefficient (Wildman–Crippen LogP) is 3.31. The minimum atomic E-state index is -4.09. The van der Waals surface area contributed by atoms with Crippen molar-refractivity contribution in [1.82, 2.24) is 10.2 Å². The first kappa shape index (κ1) is 14.9. The van der Waals surface area contributed by atoms with Gasteiger partial charge in [0.15, 0.2) is 0 Å². The second-order valence-corrected chi connectivity index (χ2v) is 6.14. The van der Waals surface area contributed by atoms with Gasteiger partial charge in [-0.05, 0) is 38.3 Å². The Bertz CT molecular complexity index is 468. The third-order valence-electron chi connectivity index (χ3n) is 4.33. The van der Waals surface area contributed by atoms with E-state index in [-0.39, 0.29) is 13.0 Å². The lowest BCUT2D eigenvalue weighted by atomic mass is 9.97. The summed E-state index contributed by atoms with van der Waals surface area (Å²) in [4.78, 5) is 1.86. The van der Waals surface area contributed by atoms with Gasteiger partial charge in [0, 0.05) is 24.7 Å². The molecule has 0 aromatic carbocycles. The van der Waals surface area contributed by atoms with E-state index < -0.39 is 12.1 Å². The summed E-state index contributed by atoms with van der Waals surface area (Å²) in [5, 5.41) is 3.41. The molecule has 1 aliphatic heterocycles. The molecule has 6 heteroatoms. The Morgan fingerprint density at radius 2 is 2.10 bits per heavy atom. The van der Waals surface area contributed by atoms with Gasteiger partial charge in [-0.2, -0.15) is 13.2 Å². The van der Waals surface area contributed by atoms with Gasteiger partial charge >= 0.3 is 6.18 Å². The molecule has 1 aliphatic carbocycles. The van der Waals surface area contributed by atoms with E-state index in [2.05, 4.69) is 5.32 Å². The Kier molecular flexibility index (Phi) is 4.26. The number of alkyl halides is 3. The summed E-state index contributed by atoms with van der Waals surface area (Å²) in [5.74, 6) is -0.403. The Hall–Kier alpha value is -1.01. The highest BCUT2D eigenvalue weighted by molar-refractivity contribution is 5.17. The van der Waals surface area contributed by atoms with E-state index in [4.69, 9.17) is 4.42 Å². The molecule has 1 aromatic rings. The molecule has 21 heavy (non-hydrogen) atoms. The summed E-state index contributed by atoms with van der Waals surface area (Å²) < 4.78 is 44.0. The van der Waals surface area contributed by atoms with Gasteiger partial charge in [0.05, 0.1) is 18.7 Å². The molecule has 3 rings (SSSR count). The summed E-state index contributed by atoms with van der Waals surface area (Å²) in [6.45, 7) is 2.01. The molecule has 1 unspecified atom stereocenters. The maximum Gasteiger partial charge on any atom is 0.393 e. The molecule has 0 radical (unpaired) electrons. The third-order valence-corrected chi connectivity index (χ3v) is 4.33. The van der Waals surface area contributed by atoms with Crippen LogP contribution < -0.4 is 5.32 Å². The largest absolute Gasteiger partial charge is 0.468 e. The van der Waals surface area contributed by atoms with Crippen molar-refractivity contribution in [3.8, 4) is 0 Å². The number of piperidine rings is 1. The number of furan rings is 1. The average molecular weight is 302 g/mol. The SMILES string of the molecule is FC(F)(F)C1CCCN(Cc2occc2CNC2CC2)C1. The quantitative estimate of drug-likeness (QED) is 0.904. The van der Waals surface area contributed by atoms with Crippen molar-refractivity contribution >= 4 is 0 Å². The van der Waals surface area contributed by atoms with Gasteiger partial charge in [0.2, 0.25) is 0 Å². The van der Waals surface area contributed by atoms with E-state index in [1.165, 1.54) is 12.8 Å². The summed E-state index contributed by atoms with van der Waals surface area (Å²) in [5.41, 5.74) is 1.07.